The Morgan fingerprint density at radius 2 is 0.486 bits per heavy atom. The van der Waals surface area contributed by atoms with E-state index in [1.807, 2.05) is 0 Å². The second kappa shape index (κ2) is 63.2. The van der Waals surface area contributed by atoms with Gasteiger partial charge in [0.1, 0.15) is 13.2 Å². The maximum Gasteiger partial charge on any atom is 0.306 e. The highest BCUT2D eigenvalue weighted by Crippen LogP contribution is 2.17. The maximum atomic E-state index is 12.9. The molecule has 0 amide bonds. The van der Waals surface area contributed by atoms with Gasteiger partial charge in [0.05, 0.1) is 0 Å². The Morgan fingerprint density at radius 1 is 0.270 bits per heavy atom. The number of ether oxygens (including phenoxy) is 3. The summed E-state index contributed by atoms with van der Waals surface area (Å²) in [6.45, 7) is 6.68. The van der Waals surface area contributed by atoms with Crippen molar-refractivity contribution in [3.63, 3.8) is 0 Å². The number of carbonyl (C=O) groups excluding carboxylic acids is 3. The van der Waals surface area contributed by atoms with Crippen LogP contribution in [-0.4, -0.2) is 37.2 Å². The van der Waals surface area contributed by atoms with Gasteiger partial charge < -0.3 is 14.2 Å². The van der Waals surface area contributed by atoms with Gasteiger partial charge in [-0.15, -0.1) is 0 Å². The Labute approximate surface area is 461 Å². The molecule has 6 heteroatoms. The number of hydrogen-bond acceptors (Lipinski definition) is 6. The van der Waals surface area contributed by atoms with E-state index in [0.29, 0.717) is 19.3 Å². The third-order valence-corrected chi connectivity index (χ3v) is 14.9. The summed E-state index contributed by atoms with van der Waals surface area (Å²) >= 11 is 0. The van der Waals surface area contributed by atoms with Crippen LogP contribution in [0.1, 0.15) is 361 Å². The Bertz CT molecular complexity index is 1240. The molecule has 0 heterocycles. The number of allylic oxidation sites excluding steroid dienone is 6. The number of unbranched alkanes of at least 4 members (excludes halogenated alkanes) is 44. The standard InChI is InChI=1S/C68H126O6/c1-4-7-10-13-16-19-22-25-27-29-30-31-32-33-34-35-36-37-38-39-41-43-46-49-52-55-58-61-67(70)73-64-65(63-72-66(69)60-57-54-51-48-45-42-24-21-18-15-12-9-6-3)74-68(71)62-59-56-53-50-47-44-40-28-26-23-20-17-14-11-8-5-2/h22,25,28-30,40,65H,4-21,23-24,26-27,31-39,41-64H2,1-3H3/b25-22-,30-29-,40-28-. The Morgan fingerprint density at radius 3 is 0.757 bits per heavy atom. The van der Waals surface area contributed by atoms with Crippen LogP contribution in [0.5, 0.6) is 0 Å². The van der Waals surface area contributed by atoms with E-state index >= 15 is 0 Å². The molecule has 0 bridgehead atoms. The summed E-state index contributed by atoms with van der Waals surface area (Å²) in [4.78, 5) is 38.3. The molecular weight excluding hydrogens is 913 g/mol. The van der Waals surface area contributed by atoms with Crippen LogP contribution in [-0.2, 0) is 28.6 Å². The molecule has 0 aliphatic carbocycles. The van der Waals surface area contributed by atoms with Gasteiger partial charge >= 0.3 is 17.9 Å². The highest BCUT2D eigenvalue weighted by Gasteiger charge is 2.19. The normalized spacial score (nSPS) is 12.2. The first-order chi connectivity index (χ1) is 36.5. The van der Waals surface area contributed by atoms with E-state index < -0.39 is 6.10 Å². The van der Waals surface area contributed by atoms with Crippen LogP contribution in [0.2, 0.25) is 0 Å². The minimum Gasteiger partial charge on any atom is -0.462 e. The Balaban J connectivity index is 4.21. The lowest BCUT2D eigenvalue weighted by molar-refractivity contribution is -0.167. The van der Waals surface area contributed by atoms with Crippen molar-refractivity contribution in [2.24, 2.45) is 0 Å². The number of esters is 3. The van der Waals surface area contributed by atoms with Gasteiger partial charge in [-0.05, 0) is 77.0 Å². The minimum atomic E-state index is -0.773. The molecule has 1 unspecified atom stereocenters. The highest BCUT2D eigenvalue weighted by atomic mass is 16.6. The summed E-state index contributed by atoms with van der Waals surface area (Å²) < 4.78 is 16.9. The SMILES string of the molecule is CCCCCCC/C=C\C/C=C\CCCCCCCCCCCCCCCCCC(=O)OCC(COC(=O)CCCCCCCCCCCCCCC)OC(=O)CCCCCCC/C=C\CCCCCCCCC. The summed E-state index contributed by atoms with van der Waals surface area (Å²) in [7, 11) is 0. The molecule has 0 aromatic heterocycles. The molecule has 0 saturated carbocycles. The molecule has 0 N–H and O–H groups in total. The summed E-state index contributed by atoms with van der Waals surface area (Å²) in [5.74, 6) is -0.855. The highest BCUT2D eigenvalue weighted by molar-refractivity contribution is 5.71. The molecule has 0 fully saturated rings. The molecule has 1 atom stereocenters. The van der Waals surface area contributed by atoms with Crippen LogP contribution in [0.3, 0.4) is 0 Å². The van der Waals surface area contributed by atoms with E-state index in [1.54, 1.807) is 0 Å². The topological polar surface area (TPSA) is 78.9 Å². The molecule has 0 radical (unpaired) electrons. The Kier molecular flexibility index (Phi) is 61.1. The summed E-state index contributed by atoms with van der Waals surface area (Å²) in [5.41, 5.74) is 0. The predicted molar refractivity (Wildman–Crippen MR) is 321 cm³/mol. The van der Waals surface area contributed by atoms with Crippen LogP contribution in [0, 0.1) is 0 Å². The Hall–Kier alpha value is -2.37. The van der Waals surface area contributed by atoms with E-state index in [1.165, 1.54) is 250 Å². The lowest BCUT2D eigenvalue weighted by Gasteiger charge is -2.18. The van der Waals surface area contributed by atoms with E-state index in [4.69, 9.17) is 14.2 Å². The first kappa shape index (κ1) is 71.6. The maximum absolute atomic E-state index is 12.9. The molecule has 6 nitrogen and oxygen atoms in total. The van der Waals surface area contributed by atoms with Crippen molar-refractivity contribution < 1.29 is 28.6 Å². The number of carbonyl (C=O) groups is 3. The van der Waals surface area contributed by atoms with Crippen LogP contribution >= 0.6 is 0 Å². The van der Waals surface area contributed by atoms with Crippen molar-refractivity contribution in [1.82, 2.24) is 0 Å². The largest absolute Gasteiger partial charge is 0.462 e. The molecule has 0 rings (SSSR count). The average Bonchev–Trinajstić information content (AvgIpc) is 3.40. The molecule has 0 aromatic carbocycles. The van der Waals surface area contributed by atoms with Crippen molar-refractivity contribution in [3.05, 3.63) is 36.5 Å². The number of rotatable bonds is 61. The molecule has 0 aromatic rings. The third-order valence-electron chi connectivity index (χ3n) is 14.9. The van der Waals surface area contributed by atoms with Crippen molar-refractivity contribution >= 4 is 17.9 Å². The van der Waals surface area contributed by atoms with Crippen molar-refractivity contribution in [2.75, 3.05) is 13.2 Å². The fraction of sp³-hybridized carbons (Fsp3) is 0.868. The van der Waals surface area contributed by atoms with Crippen LogP contribution in [0.25, 0.3) is 0 Å². The summed E-state index contributed by atoms with van der Waals surface area (Å²) in [5, 5.41) is 0. The van der Waals surface area contributed by atoms with Crippen molar-refractivity contribution in [3.8, 4) is 0 Å². The average molecular weight is 1040 g/mol. The van der Waals surface area contributed by atoms with Gasteiger partial charge in [0.15, 0.2) is 6.10 Å². The first-order valence-electron chi connectivity index (χ1n) is 33.0. The van der Waals surface area contributed by atoms with Gasteiger partial charge in [-0.2, -0.15) is 0 Å². The fourth-order valence-electron chi connectivity index (χ4n) is 9.88. The summed E-state index contributed by atoms with van der Waals surface area (Å²) in [6.07, 6.45) is 77.3. The van der Waals surface area contributed by atoms with Crippen LogP contribution < -0.4 is 0 Å². The van der Waals surface area contributed by atoms with E-state index in [-0.39, 0.29) is 31.1 Å². The molecular formula is C68H126O6. The van der Waals surface area contributed by atoms with Crippen molar-refractivity contribution in [1.29, 1.82) is 0 Å². The van der Waals surface area contributed by atoms with Crippen molar-refractivity contribution in [2.45, 2.75) is 367 Å². The lowest BCUT2D eigenvalue weighted by atomic mass is 10.0. The van der Waals surface area contributed by atoms with Gasteiger partial charge in [0, 0.05) is 19.3 Å². The summed E-state index contributed by atoms with van der Waals surface area (Å²) in [6, 6.07) is 0. The fourth-order valence-corrected chi connectivity index (χ4v) is 9.88. The van der Waals surface area contributed by atoms with E-state index in [2.05, 4.69) is 57.2 Å². The molecule has 0 aliphatic heterocycles. The van der Waals surface area contributed by atoms with Crippen LogP contribution in [0.15, 0.2) is 36.5 Å². The zero-order chi connectivity index (χ0) is 53.6. The van der Waals surface area contributed by atoms with Gasteiger partial charge in [0.2, 0.25) is 0 Å². The minimum absolute atomic E-state index is 0.0704. The number of hydrogen-bond donors (Lipinski definition) is 0. The van der Waals surface area contributed by atoms with Gasteiger partial charge in [0.25, 0.3) is 0 Å². The second-order valence-electron chi connectivity index (χ2n) is 22.4. The van der Waals surface area contributed by atoms with Gasteiger partial charge in [-0.3, -0.25) is 14.4 Å². The lowest BCUT2D eigenvalue weighted by Crippen LogP contribution is -2.30. The molecule has 74 heavy (non-hydrogen) atoms. The second-order valence-corrected chi connectivity index (χ2v) is 22.4. The van der Waals surface area contributed by atoms with E-state index in [9.17, 15) is 14.4 Å². The monoisotopic (exact) mass is 1040 g/mol. The molecule has 0 aliphatic rings. The zero-order valence-electron chi connectivity index (χ0n) is 49.9. The van der Waals surface area contributed by atoms with Gasteiger partial charge in [-0.25, -0.2) is 0 Å². The third kappa shape index (κ3) is 60.5. The smallest absolute Gasteiger partial charge is 0.306 e. The first-order valence-corrected chi connectivity index (χ1v) is 33.0. The zero-order valence-corrected chi connectivity index (χ0v) is 49.9. The van der Waals surface area contributed by atoms with Gasteiger partial charge in [-0.1, -0.05) is 301 Å². The molecule has 434 valence electrons. The van der Waals surface area contributed by atoms with Crippen LogP contribution in [0.4, 0.5) is 0 Å². The molecule has 0 saturated heterocycles. The molecule has 0 spiro atoms. The predicted octanol–water partition coefficient (Wildman–Crippen LogP) is 22.4. The quantitative estimate of drug-likeness (QED) is 0.0261. The van der Waals surface area contributed by atoms with E-state index in [0.717, 1.165) is 70.6 Å².